The third-order valence-corrected chi connectivity index (χ3v) is 6.65. The van der Waals surface area contributed by atoms with E-state index in [1.165, 1.54) is 11.8 Å². The lowest BCUT2D eigenvalue weighted by Crippen LogP contribution is -2.48. The Labute approximate surface area is 194 Å². The van der Waals surface area contributed by atoms with E-state index in [0.717, 1.165) is 5.56 Å². The van der Waals surface area contributed by atoms with Crippen LogP contribution in [0.3, 0.4) is 0 Å². The number of amides is 1. The van der Waals surface area contributed by atoms with E-state index in [1.54, 1.807) is 50.4 Å². The zero-order chi connectivity index (χ0) is 24.1. The smallest absolute Gasteiger partial charge is 0.443 e. The lowest BCUT2D eigenvalue weighted by Gasteiger charge is -2.27. The van der Waals surface area contributed by atoms with Crippen LogP contribution < -0.4 is 14.5 Å². The maximum atomic E-state index is 13.5. The first kappa shape index (κ1) is 24.2. The summed E-state index contributed by atoms with van der Waals surface area (Å²) in [5, 5.41) is 3.60. The van der Waals surface area contributed by atoms with Crippen molar-refractivity contribution < 1.29 is 28.1 Å². The molecule has 0 N–H and O–H groups in total. The van der Waals surface area contributed by atoms with Crippen molar-refractivity contribution in [1.29, 1.82) is 0 Å². The second-order valence-electron chi connectivity index (χ2n) is 7.16. The first-order valence-corrected chi connectivity index (χ1v) is 11.6. The van der Waals surface area contributed by atoms with Crippen LogP contribution in [0.25, 0.3) is 0 Å². The molecule has 2 unspecified atom stereocenters. The highest BCUT2D eigenvalue weighted by Gasteiger charge is 2.42. The van der Waals surface area contributed by atoms with Gasteiger partial charge in [0.15, 0.2) is 11.2 Å². The predicted molar refractivity (Wildman–Crippen MR) is 125 cm³/mol. The Hall–Kier alpha value is -3.47. The Morgan fingerprint density at radius 3 is 2.58 bits per heavy atom. The Kier molecular flexibility index (Phi) is 7.64. The number of rotatable bonds is 7. The molecule has 10 nitrogen and oxygen atoms in total. The molecule has 2 heterocycles. The molecule has 11 heteroatoms. The van der Waals surface area contributed by atoms with Gasteiger partial charge < -0.3 is 14.4 Å². The molecule has 1 aliphatic rings. The molecule has 0 saturated carbocycles. The molecular formula is C22H26N4O6S. The molecule has 2 atom stereocenters. The topological polar surface area (TPSA) is 111 Å². The second kappa shape index (κ2) is 10.4. The van der Waals surface area contributed by atoms with Gasteiger partial charge in [-0.05, 0) is 39.0 Å². The number of fused-ring (bicyclic) bond motifs is 1. The average molecular weight is 475 g/mol. The zero-order valence-electron chi connectivity index (χ0n) is 19.1. The lowest BCUT2D eigenvalue weighted by molar-refractivity contribution is -0.135. The molecular weight excluding hydrogens is 448 g/mol. The van der Waals surface area contributed by atoms with Gasteiger partial charge in [-0.3, -0.25) is 14.0 Å². The SMILES string of the molecule is CCOC(=O)/C(C)=N/OC(=O)N1c2ccccc2N(C)C1S(=O)Cc1nccc(OC)c1C. The van der Waals surface area contributed by atoms with E-state index < -0.39 is 28.4 Å². The number of aromatic nitrogens is 1. The third kappa shape index (κ3) is 4.98. The minimum Gasteiger partial charge on any atom is -0.496 e. The molecule has 176 valence electrons. The van der Waals surface area contributed by atoms with Gasteiger partial charge in [-0.1, -0.05) is 17.3 Å². The summed E-state index contributed by atoms with van der Waals surface area (Å²) >= 11 is 0. The Balaban J connectivity index is 1.89. The molecule has 0 fully saturated rings. The van der Waals surface area contributed by atoms with Crippen LogP contribution in [-0.4, -0.2) is 53.2 Å². The van der Waals surface area contributed by atoms with Crippen molar-refractivity contribution in [3.63, 3.8) is 0 Å². The van der Waals surface area contributed by atoms with Crippen LogP contribution in [0.4, 0.5) is 16.2 Å². The van der Waals surface area contributed by atoms with Gasteiger partial charge in [-0.25, -0.2) is 14.5 Å². The fourth-order valence-electron chi connectivity index (χ4n) is 3.42. The van der Waals surface area contributed by atoms with E-state index in [9.17, 15) is 13.8 Å². The number of oxime groups is 1. The summed E-state index contributed by atoms with van der Waals surface area (Å²) in [5.41, 5.74) is 1.61. The molecule has 1 aliphatic heterocycles. The van der Waals surface area contributed by atoms with E-state index in [4.69, 9.17) is 14.3 Å². The van der Waals surface area contributed by atoms with E-state index in [0.29, 0.717) is 22.8 Å². The number of hydrogen-bond acceptors (Lipinski definition) is 9. The number of nitrogens with zero attached hydrogens (tertiary/aromatic N) is 4. The van der Waals surface area contributed by atoms with Crippen LogP contribution >= 0.6 is 0 Å². The fraction of sp³-hybridized carbons (Fsp3) is 0.364. The maximum Gasteiger partial charge on any atom is 0.443 e. The average Bonchev–Trinajstić information content (AvgIpc) is 3.11. The Morgan fingerprint density at radius 1 is 1.21 bits per heavy atom. The molecule has 1 aromatic carbocycles. The standard InChI is InChI=1S/C22H26N4O6S/c1-6-31-20(27)15(3)24-32-22(28)26-18-10-8-7-9-17(18)25(4)21(26)33(29)13-16-14(2)19(30-5)11-12-23-16/h7-12,21H,6,13H2,1-5H3/b24-15+. The predicted octanol–water partition coefficient (Wildman–Crippen LogP) is 2.96. The molecule has 3 rings (SSSR count). The summed E-state index contributed by atoms with van der Waals surface area (Å²) in [7, 11) is 1.69. The van der Waals surface area contributed by atoms with E-state index in [1.807, 2.05) is 19.1 Å². The molecule has 0 aliphatic carbocycles. The van der Waals surface area contributed by atoms with Crippen LogP contribution in [0.2, 0.25) is 0 Å². The van der Waals surface area contributed by atoms with Crippen LogP contribution in [0.15, 0.2) is 41.7 Å². The zero-order valence-corrected chi connectivity index (χ0v) is 19.9. The summed E-state index contributed by atoms with van der Waals surface area (Å²) in [6, 6.07) is 8.85. The van der Waals surface area contributed by atoms with E-state index in [-0.39, 0.29) is 18.1 Å². The second-order valence-corrected chi connectivity index (χ2v) is 8.63. The van der Waals surface area contributed by atoms with Gasteiger partial charge >= 0.3 is 12.1 Å². The van der Waals surface area contributed by atoms with Crippen LogP contribution in [0, 0.1) is 6.92 Å². The van der Waals surface area contributed by atoms with Crippen molar-refractivity contribution in [2.24, 2.45) is 5.16 Å². The maximum absolute atomic E-state index is 13.5. The summed E-state index contributed by atoms with van der Waals surface area (Å²) in [5.74, 6) is 0.0324. The highest BCUT2D eigenvalue weighted by atomic mass is 32.2. The first-order chi connectivity index (χ1) is 15.8. The molecule has 1 amide bonds. The van der Waals surface area contributed by atoms with Crippen LogP contribution in [0.1, 0.15) is 25.1 Å². The molecule has 0 saturated heterocycles. The van der Waals surface area contributed by atoms with Gasteiger partial charge in [0.2, 0.25) is 0 Å². The number of para-hydroxylation sites is 2. The fourth-order valence-corrected chi connectivity index (χ4v) is 5.03. The van der Waals surface area contributed by atoms with Gasteiger partial charge in [0.1, 0.15) is 5.75 Å². The molecule has 1 aromatic heterocycles. The number of hydrogen-bond donors (Lipinski definition) is 0. The van der Waals surface area contributed by atoms with Crippen LogP contribution in [0.5, 0.6) is 5.75 Å². The normalized spacial score (nSPS) is 16.3. The largest absolute Gasteiger partial charge is 0.496 e. The minimum atomic E-state index is -1.61. The van der Waals surface area contributed by atoms with E-state index >= 15 is 0 Å². The molecule has 2 aromatic rings. The number of esters is 1. The quantitative estimate of drug-likeness (QED) is 0.261. The third-order valence-electron chi connectivity index (χ3n) is 5.09. The number of ether oxygens (including phenoxy) is 2. The van der Waals surface area contributed by atoms with Crippen molar-refractivity contribution in [3.05, 3.63) is 47.8 Å². The van der Waals surface area contributed by atoms with Crippen molar-refractivity contribution in [2.75, 3.05) is 30.6 Å². The highest BCUT2D eigenvalue weighted by Crippen LogP contribution is 2.40. The summed E-state index contributed by atoms with van der Waals surface area (Å²) < 4.78 is 23.7. The number of benzene rings is 1. The molecule has 0 bridgehead atoms. The molecule has 0 spiro atoms. The summed E-state index contributed by atoms with van der Waals surface area (Å²) in [4.78, 5) is 37.2. The lowest BCUT2D eigenvalue weighted by atomic mass is 10.2. The molecule has 0 radical (unpaired) electrons. The summed E-state index contributed by atoms with van der Waals surface area (Å²) in [6.45, 7) is 5.04. The van der Waals surface area contributed by atoms with Gasteiger partial charge in [0.05, 0.1) is 47.3 Å². The van der Waals surface area contributed by atoms with Crippen molar-refractivity contribution in [3.8, 4) is 5.75 Å². The van der Waals surface area contributed by atoms with Gasteiger partial charge in [0.25, 0.3) is 0 Å². The number of carbonyl (C=O) groups excluding carboxylic acids is 2. The van der Waals surface area contributed by atoms with Crippen molar-refractivity contribution >= 4 is 39.9 Å². The number of carbonyl (C=O) groups is 2. The summed E-state index contributed by atoms with van der Waals surface area (Å²) in [6.07, 6.45) is 0.717. The van der Waals surface area contributed by atoms with E-state index in [2.05, 4.69) is 10.1 Å². The minimum absolute atomic E-state index is 0.0843. The van der Waals surface area contributed by atoms with Crippen molar-refractivity contribution in [1.82, 2.24) is 4.98 Å². The van der Waals surface area contributed by atoms with Crippen molar-refractivity contribution in [2.45, 2.75) is 32.0 Å². The number of pyridine rings is 1. The van der Waals surface area contributed by atoms with Gasteiger partial charge in [0, 0.05) is 18.8 Å². The Bertz CT molecular complexity index is 1110. The number of methoxy groups -OCH3 is 1. The Morgan fingerprint density at radius 2 is 1.91 bits per heavy atom. The first-order valence-electron chi connectivity index (χ1n) is 10.2. The van der Waals surface area contributed by atoms with Crippen LogP contribution in [-0.2, 0) is 30.9 Å². The monoisotopic (exact) mass is 474 g/mol. The molecule has 33 heavy (non-hydrogen) atoms. The number of anilines is 2. The van der Waals surface area contributed by atoms with Gasteiger partial charge in [-0.15, -0.1) is 0 Å². The van der Waals surface area contributed by atoms with Gasteiger partial charge in [-0.2, -0.15) is 0 Å². The highest BCUT2D eigenvalue weighted by molar-refractivity contribution is 7.85.